The predicted molar refractivity (Wildman–Crippen MR) is 94.1 cm³/mol. The third kappa shape index (κ3) is 5.29. The van der Waals surface area contributed by atoms with Crippen molar-refractivity contribution in [2.45, 2.75) is 6.42 Å². The third-order valence-corrected chi connectivity index (χ3v) is 3.43. The molecule has 0 aliphatic carbocycles. The van der Waals surface area contributed by atoms with Gasteiger partial charge >= 0.3 is 5.97 Å². The van der Waals surface area contributed by atoms with Crippen LogP contribution in [0.25, 0.3) is 0 Å². The number of ether oxygens (including phenoxy) is 2. The van der Waals surface area contributed by atoms with E-state index in [4.69, 9.17) is 9.47 Å². The Bertz CT molecular complexity index is 717. The molecule has 0 aliphatic rings. The van der Waals surface area contributed by atoms with Crippen LogP contribution in [0.15, 0.2) is 42.6 Å². The average Bonchev–Trinajstić information content (AvgIpc) is 2.65. The molecule has 7 nitrogen and oxygen atoms in total. The largest absolute Gasteiger partial charge is 0.465 e. The number of hydrogen-bond donors (Lipinski definition) is 2. The molecule has 1 heterocycles. The van der Waals surface area contributed by atoms with Crippen molar-refractivity contribution >= 4 is 23.4 Å². The van der Waals surface area contributed by atoms with E-state index < -0.39 is 5.97 Å². The van der Waals surface area contributed by atoms with Crippen LogP contribution in [0.5, 0.6) is 0 Å². The molecule has 0 radical (unpaired) electrons. The molecular formula is C18H21N3O4. The van der Waals surface area contributed by atoms with E-state index in [-0.39, 0.29) is 5.91 Å². The average molecular weight is 343 g/mol. The maximum Gasteiger partial charge on any atom is 0.339 e. The zero-order valence-electron chi connectivity index (χ0n) is 14.2. The van der Waals surface area contributed by atoms with Gasteiger partial charge in [-0.1, -0.05) is 12.1 Å². The first-order valence-corrected chi connectivity index (χ1v) is 7.83. The lowest BCUT2D eigenvalue weighted by Crippen LogP contribution is -2.25. The van der Waals surface area contributed by atoms with E-state index in [1.165, 1.54) is 13.3 Å². The molecule has 0 saturated carbocycles. The number of carbonyl (C=O) groups is 2. The molecule has 1 aromatic heterocycles. The highest BCUT2D eigenvalue weighted by molar-refractivity contribution is 5.96. The first-order valence-electron chi connectivity index (χ1n) is 7.83. The van der Waals surface area contributed by atoms with Crippen molar-refractivity contribution in [3.05, 3.63) is 53.7 Å². The molecule has 0 bridgehead atoms. The summed E-state index contributed by atoms with van der Waals surface area (Å²) in [5.41, 5.74) is 1.45. The molecule has 0 aliphatic heterocycles. The van der Waals surface area contributed by atoms with Crippen LogP contribution in [0, 0.1) is 0 Å². The Balaban J connectivity index is 2.01. The second-order valence-corrected chi connectivity index (χ2v) is 5.20. The molecule has 0 atom stereocenters. The van der Waals surface area contributed by atoms with Crippen molar-refractivity contribution in [2.75, 3.05) is 32.7 Å². The summed E-state index contributed by atoms with van der Waals surface area (Å²) in [5.74, 6) is -0.104. The Morgan fingerprint density at radius 1 is 1.12 bits per heavy atom. The van der Waals surface area contributed by atoms with Gasteiger partial charge in [-0.25, -0.2) is 9.78 Å². The van der Waals surface area contributed by atoms with E-state index in [2.05, 4.69) is 15.6 Å². The highest BCUT2D eigenvalue weighted by atomic mass is 16.5. The van der Waals surface area contributed by atoms with Gasteiger partial charge in [-0.15, -0.1) is 0 Å². The molecule has 2 N–H and O–H groups in total. The molecule has 0 spiro atoms. The summed E-state index contributed by atoms with van der Waals surface area (Å²) in [5, 5.41) is 5.85. The number of anilines is 2. The minimum atomic E-state index is -0.435. The van der Waals surface area contributed by atoms with Gasteiger partial charge in [0.1, 0.15) is 5.82 Å². The predicted octanol–water partition coefficient (Wildman–Crippen LogP) is 2.38. The molecule has 25 heavy (non-hydrogen) atoms. The van der Waals surface area contributed by atoms with Crippen LogP contribution in [-0.4, -0.2) is 44.2 Å². The maximum absolute atomic E-state index is 12.0. The normalized spacial score (nSPS) is 10.2. The standard InChI is InChI=1S/C18H21N3O4/c1-24-11-5-10-19-17(22)13-8-9-16(20-12-13)21-15-7-4-3-6-14(15)18(23)25-2/h3-4,6-9,12H,5,10-11H2,1-2H3,(H,19,22)(H,20,21). The molecule has 2 aromatic rings. The number of hydrogen-bond acceptors (Lipinski definition) is 6. The Morgan fingerprint density at radius 3 is 2.60 bits per heavy atom. The van der Waals surface area contributed by atoms with Gasteiger partial charge in [0.25, 0.3) is 5.91 Å². The topological polar surface area (TPSA) is 89.6 Å². The fourth-order valence-electron chi connectivity index (χ4n) is 2.14. The van der Waals surface area contributed by atoms with Gasteiger partial charge in [-0.3, -0.25) is 4.79 Å². The second-order valence-electron chi connectivity index (χ2n) is 5.20. The van der Waals surface area contributed by atoms with Gasteiger partial charge in [-0.05, 0) is 30.7 Å². The number of esters is 1. The van der Waals surface area contributed by atoms with E-state index in [1.54, 1.807) is 43.5 Å². The summed E-state index contributed by atoms with van der Waals surface area (Å²) in [6, 6.07) is 10.3. The van der Waals surface area contributed by atoms with Crippen molar-refractivity contribution in [3.8, 4) is 0 Å². The van der Waals surface area contributed by atoms with E-state index in [0.717, 1.165) is 6.42 Å². The number of nitrogens with one attached hydrogen (secondary N) is 2. The van der Waals surface area contributed by atoms with E-state index in [0.29, 0.717) is 35.8 Å². The van der Waals surface area contributed by atoms with Crippen LogP contribution in [-0.2, 0) is 9.47 Å². The molecule has 2 rings (SSSR count). The maximum atomic E-state index is 12.0. The highest BCUT2D eigenvalue weighted by Crippen LogP contribution is 2.20. The van der Waals surface area contributed by atoms with Gasteiger partial charge < -0.3 is 20.1 Å². The van der Waals surface area contributed by atoms with Crippen LogP contribution in [0.2, 0.25) is 0 Å². The lowest BCUT2D eigenvalue weighted by Gasteiger charge is -2.10. The van der Waals surface area contributed by atoms with Crippen molar-refractivity contribution in [3.63, 3.8) is 0 Å². The Kier molecular flexibility index (Phi) is 6.91. The lowest BCUT2D eigenvalue weighted by atomic mass is 10.2. The number of nitrogens with zero attached hydrogens (tertiary/aromatic N) is 1. The van der Waals surface area contributed by atoms with Crippen LogP contribution >= 0.6 is 0 Å². The minimum absolute atomic E-state index is 0.190. The van der Waals surface area contributed by atoms with Crippen molar-refractivity contribution < 1.29 is 19.1 Å². The van der Waals surface area contributed by atoms with Gasteiger partial charge in [0.05, 0.1) is 23.9 Å². The lowest BCUT2D eigenvalue weighted by molar-refractivity contribution is 0.0601. The number of amides is 1. The summed E-state index contributed by atoms with van der Waals surface area (Å²) >= 11 is 0. The van der Waals surface area contributed by atoms with Gasteiger partial charge in [0.15, 0.2) is 0 Å². The second kappa shape index (κ2) is 9.39. The fourth-order valence-corrected chi connectivity index (χ4v) is 2.14. The summed E-state index contributed by atoms with van der Waals surface area (Å²) in [7, 11) is 2.95. The molecule has 0 saturated heterocycles. The van der Waals surface area contributed by atoms with Crippen LogP contribution < -0.4 is 10.6 Å². The Hall–Kier alpha value is -2.93. The number of pyridine rings is 1. The zero-order valence-corrected chi connectivity index (χ0v) is 14.2. The monoisotopic (exact) mass is 343 g/mol. The number of para-hydroxylation sites is 1. The number of rotatable bonds is 8. The highest BCUT2D eigenvalue weighted by Gasteiger charge is 2.12. The number of aromatic nitrogens is 1. The van der Waals surface area contributed by atoms with Crippen LogP contribution in [0.3, 0.4) is 0 Å². The summed E-state index contributed by atoms with van der Waals surface area (Å²) in [4.78, 5) is 28.0. The molecular weight excluding hydrogens is 322 g/mol. The fraction of sp³-hybridized carbons (Fsp3) is 0.278. The Morgan fingerprint density at radius 2 is 1.92 bits per heavy atom. The quantitative estimate of drug-likeness (QED) is 0.565. The molecule has 0 unspecified atom stereocenters. The third-order valence-electron chi connectivity index (χ3n) is 3.43. The van der Waals surface area contributed by atoms with E-state index >= 15 is 0 Å². The van der Waals surface area contributed by atoms with Gasteiger partial charge in [0.2, 0.25) is 0 Å². The molecule has 0 fully saturated rings. The molecule has 132 valence electrons. The van der Waals surface area contributed by atoms with E-state index in [9.17, 15) is 9.59 Å². The first-order chi connectivity index (χ1) is 12.2. The summed E-state index contributed by atoms with van der Waals surface area (Å²) < 4.78 is 9.69. The van der Waals surface area contributed by atoms with Crippen molar-refractivity contribution in [1.82, 2.24) is 10.3 Å². The molecule has 7 heteroatoms. The van der Waals surface area contributed by atoms with E-state index in [1.807, 2.05) is 0 Å². The van der Waals surface area contributed by atoms with Crippen LogP contribution in [0.1, 0.15) is 27.1 Å². The molecule has 1 aromatic carbocycles. The minimum Gasteiger partial charge on any atom is -0.465 e. The van der Waals surface area contributed by atoms with Crippen molar-refractivity contribution in [2.24, 2.45) is 0 Å². The van der Waals surface area contributed by atoms with Gasteiger partial charge in [0, 0.05) is 26.5 Å². The summed E-state index contributed by atoms with van der Waals surface area (Å²) in [6.07, 6.45) is 2.23. The summed E-state index contributed by atoms with van der Waals surface area (Å²) in [6.45, 7) is 1.14. The van der Waals surface area contributed by atoms with Crippen molar-refractivity contribution in [1.29, 1.82) is 0 Å². The zero-order chi connectivity index (χ0) is 18.1. The Labute approximate surface area is 146 Å². The number of methoxy groups -OCH3 is 2. The number of benzene rings is 1. The number of carbonyl (C=O) groups excluding carboxylic acids is 2. The molecule has 1 amide bonds. The van der Waals surface area contributed by atoms with Gasteiger partial charge in [-0.2, -0.15) is 0 Å². The smallest absolute Gasteiger partial charge is 0.339 e. The van der Waals surface area contributed by atoms with Crippen LogP contribution in [0.4, 0.5) is 11.5 Å². The SMILES string of the molecule is COCCCNC(=O)c1ccc(Nc2ccccc2C(=O)OC)nc1. The first kappa shape index (κ1) is 18.4.